The van der Waals surface area contributed by atoms with Crippen molar-refractivity contribution in [3.05, 3.63) is 29.8 Å². The first-order valence-corrected chi connectivity index (χ1v) is 6.26. The van der Waals surface area contributed by atoms with Gasteiger partial charge >= 0.3 is 0 Å². The first-order valence-electron chi connectivity index (χ1n) is 6.26. The number of rotatable bonds is 4. The lowest BCUT2D eigenvalue weighted by Crippen LogP contribution is -2.57. The molecule has 0 bridgehead atoms. The van der Waals surface area contributed by atoms with Crippen LogP contribution in [0.3, 0.4) is 0 Å². The van der Waals surface area contributed by atoms with E-state index in [1.54, 1.807) is 36.1 Å². The first-order chi connectivity index (χ1) is 9.51. The zero-order valence-corrected chi connectivity index (χ0v) is 11.4. The second kappa shape index (κ2) is 5.83. The summed E-state index contributed by atoms with van der Waals surface area (Å²) in [6, 6.07) is 6.29. The lowest BCUT2D eigenvalue weighted by molar-refractivity contribution is -0.139. The molecule has 2 rings (SSSR count). The maximum absolute atomic E-state index is 12.2. The minimum Gasteiger partial charge on any atom is -0.497 e. The Morgan fingerprint density at radius 3 is 2.90 bits per heavy atom. The monoisotopic (exact) mass is 276 g/mol. The number of piperazine rings is 1. The Morgan fingerprint density at radius 2 is 2.20 bits per heavy atom. The topological polar surface area (TPSA) is 75.7 Å². The van der Waals surface area contributed by atoms with Crippen LogP contribution >= 0.6 is 0 Å². The van der Waals surface area contributed by atoms with Crippen molar-refractivity contribution in [1.82, 2.24) is 10.2 Å². The van der Waals surface area contributed by atoms with Crippen LogP contribution in [0.5, 0.6) is 5.75 Å². The molecule has 1 aliphatic rings. The molecule has 2 amide bonds. The van der Waals surface area contributed by atoms with Gasteiger partial charge in [0.1, 0.15) is 5.75 Å². The van der Waals surface area contributed by atoms with E-state index in [0.717, 1.165) is 0 Å². The number of amides is 2. The summed E-state index contributed by atoms with van der Waals surface area (Å²) < 4.78 is 5.07. The van der Waals surface area contributed by atoms with E-state index in [1.165, 1.54) is 7.11 Å². The molecule has 20 heavy (non-hydrogen) atoms. The van der Waals surface area contributed by atoms with Crippen LogP contribution in [0.4, 0.5) is 0 Å². The average molecular weight is 276 g/mol. The Hall–Kier alpha value is -2.21. The molecule has 1 fully saturated rings. The summed E-state index contributed by atoms with van der Waals surface area (Å²) >= 11 is 0. The van der Waals surface area contributed by atoms with Gasteiger partial charge in [0.15, 0.2) is 5.78 Å². The number of hydrogen-bond acceptors (Lipinski definition) is 5. The summed E-state index contributed by atoms with van der Waals surface area (Å²) in [4.78, 5) is 36.6. The molecular weight excluding hydrogens is 260 g/mol. The van der Waals surface area contributed by atoms with Gasteiger partial charge in [-0.25, -0.2) is 0 Å². The van der Waals surface area contributed by atoms with Crippen molar-refractivity contribution in [1.29, 1.82) is 0 Å². The number of benzene rings is 1. The number of nitrogens with one attached hydrogen (secondary N) is 1. The number of hydrogen-bond donors (Lipinski definition) is 1. The number of ketones is 1. The van der Waals surface area contributed by atoms with E-state index in [1.807, 2.05) is 0 Å². The molecule has 0 spiro atoms. The van der Waals surface area contributed by atoms with Crippen LogP contribution in [-0.4, -0.2) is 48.7 Å². The van der Waals surface area contributed by atoms with Crippen LogP contribution in [0.2, 0.25) is 0 Å². The minimum atomic E-state index is -0.498. The van der Waals surface area contributed by atoms with E-state index in [4.69, 9.17) is 4.74 Å². The summed E-state index contributed by atoms with van der Waals surface area (Å²) in [6.45, 7) is 1.73. The van der Waals surface area contributed by atoms with Gasteiger partial charge in [0, 0.05) is 5.56 Å². The zero-order valence-electron chi connectivity index (χ0n) is 11.4. The fourth-order valence-electron chi connectivity index (χ4n) is 2.03. The lowest BCUT2D eigenvalue weighted by atomic mass is 10.1. The highest BCUT2D eigenvalue weighted by molar-refractivity contribution is 6.03. The zero-order chi connectivity index (χ0) is 14.7. The summed E-state index contributed by atoms with van der Waals surface area (Å²) in [5.74, 6) is -0.319. The van der Waals surface area contributed by atoms with E-state index < -0.39 is 6.04 Å². The Bertz CT molecular complexity index is 556. The molecule has 106 valence electrons. The Labute approximate surface area is 116 Å². The van der Waals surface area contributed by atoms with Crippen LogP contribution in [0.1, 0.15) is 17.3 Å². The third kappa shape index (κ3) is 3.03. The van der Waals surface area contributed by atoms with Crippen LogP contribution in [-0.2, 0) is 9.59 Å². The fourth-order valence-corrected chi connectivity index (χ4v) is 2.03. The second-order valence-corrected chi connectivity index (χ2v) is 4.65. The molecule has 1 atom stereocenters. The largest absolute Gasteiger partial charge is 0.497 e. The first kappa shape index (κ1) is 14.2. The standard InChI is InChI=1S/C14H16N2O4/c1-9-14(19)15-13(18)8-16(9)7-12(17)10-4-3-5-11(6-10)20-2/h3-6,9H,7-8H2,1-2H3,(H,15,18,19). The van der Waals surface area contributed by atoms with Crippen molar-refractivity contribution < 1.29 is 19.1 Å². The van der Waals surface area contributed by atoms with Gasteiger partial charge in [-0.1, -0.05) is 12.1 Å². The Kier molecular flexibility index (Phi) is 4.14. The Balaban J connectivity index is 2.10. The normalized spacial score (nSPS) is 19.6. The van der Waals surface area contributed by atoms with Gasteiger partial charge in [0.05, 0.1) is 26.2 Å². The van der Waals surface area contributed by atoms with Crippen molar-refractivity contribution >= 4 is 17.6 Å². The predicted octanol–water partition coefficient (Wildman–Crippen LogP) is 0.225. The van der Waals surface area contributed by atoms with Crippen molar-refractivity contribution in [2.75, 3.05) is 20.2 Å². The van der Waals surface area contributed by atoms with Crippen LogP contribution in [0.25, 0.3) is 0 Å². The smallest absolute Gasteiger partial charge is 0.243 e. The van der Waals surface area contributed by atoms with E-state index in [0.29, 0.717) is 11.3 Å². The molecule has 0 saturated carbocycles. The molecular formula is C14H16N2O4. The van der Waals surface area contributed by atoms with Crippen molar-refractivity contribution in [3.8, 4) is 5.75 Å². The van der Waals surface area contributed by atoms with Crippen molar-refractivity contribution in [2.45, 2.75) is 13.0 Å². The molecule has 0 radical (unpaired) electrons. The summed E-state index contributed by atoms with van der Waals surface area (Å²) in [6.07, 6.45) is 0. The maximum Gasteiger partial charge on any atom is 0.243 e. The molecule has 1 aliphatic heterocycles. The molecule has 6 nitrogen and oxygen atoms in total. The number of imide groups is 1. The van der Waals surface area contributed by atoms with Gasteiger partial charge in [-0.05, 0) is 19.1 Å². The molecule has 1 N–H and O–H groups in total. The lowest BCUT2D eigenvalue weighted by Gasteiger charge is -2.30. The number of Topliss-reactive ketones (excluding diaryl/α,β-unsaturated/α-hetero) is 1. The van der Waals surface area contributed by atoms with Crippen LogP contribution < -0.4 is 10.1 Å². The fraction of sp³-hybridized carbons (Fsp3) is 0.357. The van der Waals surface area contributed by atoms with Gasteiger partial charge in [0.25, 0.3) is 0 Å². The van der Waals surface area contributed by atoms with Gasteiger partial charge < -0.3 is 4.74 Å². The molecule has 0 aromatic heterocycles. The SMILES string of the molecule is COc1cccc(C(=O)CN2CC(=O)NC(=O)C2C)c1. The quantitative estimate of drug-likeness (QED) is 0.629. The van der Waals surface area contributed by atoms with Gasteiger partial charge in [-0.15, -0.1) is 0 Å². The molecule has 0 aliphatic carbocycles. The number of methoxy groups -OCH3 is 1. The third-order valence-electron chi connectivity index (χ3n) is 3.27. The molecule has 1 aromatic rings. The molecule has 6 heteroatoms. The minimum absolute atomic E-state index is 0.0213. The molecule has 1 unspecified atom stereocenters. The van der Waals surface area contributed by atoms with Crippen LogP contribution in [0, 0.1) is 0 Å². The highest BCUT2D eigenvalue weighted by Gasteiger charge is 2.31. The predicted molar refractivity (Wildman–Crippen MR) is 71.5 cm³/mol. The highest BCUT2D eigenvalue weighted by Crippen LogP contribution is 2.14. The number of nitrogens with zero attached hydrogens (tertiary/aromatic N) is 1. The second-order valence-electron chi connectivity index (χ2n) is 4.65. The summed E-state index contributed by atoms with van der Waals surface area (Å²) in [7, 11) is 1.53. The van der Waals surface area contributed by atoms with E-state index in [-0.39, 0.29) is 30.7 Å². The maximum atomic E-state index is 12.2. The van der Waals surface area contributed by atoms with Gasteiger partial charge in [-0.2, -0.15) is 0 Å². The van der Waals surface area contributed by atoms with E-state index in [9.17, 15) is 14.4 Å². The van der Waals surface area contributed by atoms with E-state index >= 15 is 0 Å². The summed E-state index contributed by atoms with van der Waals surface area (Å²) in [5.41, 5.74) is 0.495. The van der Waals surface area contributed by atoms with Crippen molar-refractivity contribution in [2.24, 2.45) is 0 Å². The molecule has 1 aromatic carbocycles. The van der Waals surface area contributed by atoms with Crippen LogP contribution in [0.15, 0.2) is 24.3 Å². The number of carbonyl (C=O) groups excluding carboxylic acids is 3. The number of ether oxygens (including phenoxy) is 1. The highest BCUT2D eigenvalue weighted by atomic mass is 16.5. The van der Waals surface area contributed by atoms with Crippen molar-refractivity contribution in [3.63, 3.8) is 0 Å². The summed E-state index contributed by atoms with van der Waals surface area (Å²) in [5, 5.41) is 2.24. The van der Waals surface area contributed by atoms with E-state index in [2.05, 4.69) is 5.32 Å². The van der Waals surface area contributed by atoms with Gasteiger partial charge in [-0.3, -0.25) is 24.6 Å². The molecule has 1 heterocycles. The Morgan fingerprint density at radius 1 is 1.45 bits per heavy atom. The number of carbonyl (C=O) groups is 3. The molecule has 1 saturated heterocycles. The third-order valence-corrected chi connectivity index (χ3v) is 3.27. The average Bonchev–Trinajstić information content (AvgIpc) is 2.44. The van der Waals surface area contributed by atoms with Gasteiger partial charge in [0.2, 0.25) is 11.8 Å².